The van der Waals surface area contributed by atoms with Gasteiger partial charge in [0.2, 0.25) is 0 Å². The third kappa shape index (κ3) is 6.97. The van der Waals surface area contributed by atoms with Crippen molar-refractivity contribution in [3.8, 4) is 0 Å². The fourth-order valence-electron chi connectivity index (χ4n) is 1.54. The third-order valence-electron chi connectivity index (χ3n) is 2.50. The van der Waals surface area contributed by atoms with Crippen molar-refractivity contribution in [1.82, 2.24) is 5.32 Å². The van der Waals surface area contributed by atoms with E-state index in [4.69, 9.17) is 16.7 Å². The lowest BCUT2D eigenvalue weighted by Gasteiger charge is -2.04. The summed E-state index contributed by atoms with van der Waals surface area (Å²) in [5.41, 5.74) is 1.26. The molecule has 0 spiro atoms. The molecule has 94 valence electrons. The normalized spacial score (nSPS) is 10.4. The van der Waals surface area contributed by atoms with Crippen LogP contribution in [0.1, 0.15) is 24.8 Å². The standard InChI is InChI=1S/C13H18ClNO2/c14-12-6-4-11(5-7-12)8-10-15-9-2-1-3-13(16)17/h4-7,15H,1-3,8-10H2,(H,16,17). The van der Waals surface area contributed by atoms with Gasteiger partial charge in [-0.05, 0) is 50.0 Å². The topological polar surface area (TPSA) is 49.3 Å². The minimum atomic E-state index is -0.717. The molecule has 0 aliphatic carbocycles. The molecular weight excluding hydrogens is 238 g/mol. The number of unbranched alkanes of at least 4 members (excludes halogenated alkanes) is 1. The maximum atomic E-state index is 10.3. The molecule has 17 heavy (non-hydrogen) atoms. The second-order valence-corrected chi connectivity index (χ2v) is 4.41. The first kappa shape index (κ1) is 14.0. The van der Waals surface area contributed by atoms with Gasteiger partial charge in [-0.25, -0.2) is 0 Å². The van der Waals surface area contributed by atoms with Gasteiger partial charge in [-0.15, -0.1) is 0 Å². The molecule has 0 unspecified atom stereocenters. The van der Waals surface area contributed by atoms with Crippen LogP contribution in [-0.4, -0.2) is 24.2 Å². The highest BCUT2D eigenvalue weighted by Gasteiger charge is 1.96. The van der Waals surface area contributed by atoms with E-state index in [1.54, 1.807) is 0 Å². The van der Waals surface area contributed by atoms with Crippen molar-refractivity contribution < 1.29 is 9.90 Å². The van der Waals surface area contributed by atoms with Crippen molar-refractivity contribution in [1.29, 1.82) is 0 Å². The molecule has 0 radical (unpaired) electrons. The lowest BCUT2D eigenvalue weighted by molar-refractivity contribution is -0.137. The van der Waals surface area contributed by atoms with Crippen LogP contribution in [0.3, 0.4) is 0 Å². The van der Waals surface area contributed by atoms with Gasteiger partial charge in [-0.1, -0.05) is 23.7 Å². The zero-order valence-corrected chi connectivity index (χ0v) is 10.5. The average molecular weight is 256 g/mol. The summed E-state index contributed by atoms with van der Waals surface area (Å²) >= 11 is 5.79. The van der Waals surface area contributed by atoms with Crippen molar-refractivity contribution in [2.45, 2.75) is 25.7 Å². The Bertz CT molecular complexity index is 338. The van der Waals surface area contributed by atoms with Crippen LogP contribution in [0.5, 0.6) is 0 Å². The van der Waals surface area contributed by atoms with Crippen LogP contribution in [-0.2, 0) is 11.2 Å². The molecule has 0 amide bonds. The molecule has 0 aliphatic heterocycles. The Morgan fingerprint density at radius 1 is 1.18 bits per heavy atom. The number of hydrogen-bond acceptors (Lipinski definition) is 2. The average Bonchev–Trinajstić information content (AvgIpc) is 2.30. The van der Waals surface area contributed by atoms with E-state index in [1.807, 2.05) is 24.3 Å². The van der Waals surface area contributed by atoms with Crippen molar-refractivity contribution in [2.75, 3.05) is 13.1 Å². The Morgan fingerprint density at radius 2 is 1.88 bits per heavy atom. The van der Waals surface area contributed by atoms with Crippen LogP contribution in [0.2, 0.25) is 5.02 Å². The number of carbonyl (C=O) groups is 1. The van der Waals surface area contributed by atoms with Gasteiger partial charge in [0.1, 0.15) is 0 Å². The van der Waals surface area contributed by atoms with Crippen molar-refractivity contribution in [3.05, 3.63) is 34.9 Å². The van der Waals surface area contributed by atoms with Gasteiger partial charge < -0.3 is 10.4 Å². The highest BCUT2D eigenvalue weighted by atomic mass is 35.5. The lowest BCUT2D eigenvalue weighted by Crippen LogP contribution is -2.18. The van der Waals surface area contributed by atoms with Gasteiger partial charge in [-0.3, -0.25) is 4.79 Å². The van der Waals surface area contributed by atoms with Crippen molar-refractivity contribution in [3.63, 3.8) is 0 Å². The maximum Gasteiger partial charge on any atom is 0.303 e. The first-order chi connectivity index (χ1) is 8.18. The predicted molar refractivity (Wildman–Crippen MR) is 69.5 cm³/mol. The number of carboxylic acids is 1. The number of hydrogen-bond donors (Lipinski definition) is 2. The van der Waals surface area contributed by atoms with E-state index in [2.05, 4.69) is 5.32 Å². The summed E-state index contributed by atoms with van der Waals surface area (Å²) in [5, 5.41) is 12.5. The predicted octanol–water partition coefficient (Wildman–Crippen LogP) is 2.73. The lowest BCUT2D eigenvalue weighted by atomic mass is 10.1. The number of aliphatic carboxylic acids is 1. The summed E-state index contributed by atoms with van der Waals surface area (Å²) < 4.78 is 0. The van der Waals surface area contributed by atoms with Gasteiger partial charge in [0.15, 0.2) is 0 Å². The van der Waals surface area contributed by atoms with E-state index in [0.29, 0.717) is 0 Å². The van der Waals surface area contributed by atoms with E-state index in [1.165, 1.54) is 5.56 Å². The minimum Gasteiger partial charge on any atom is -0.481 e. The summed E-state index contributed by atoms with van der Waals surface area (Å²) in [6.45, 7) is 1.79. The summed E-state index contributed by atoms with van der Waals surface area (Å²) in [4.78, 5) is 10.3. The van der Waals surface area contributed by atoms with Crippen LogP contribution in [0, 0.1) is 0 Å². The zero-order chi connectivity index (χ0) is 12.5. The maximum absolute atomic E-state index is 10.3. The van der Waals surface area contributed by atoms with E-state index in [0.717, 1.165) is 37.4 Å². The number of halogens is 1. The van der Waals surface area contributed by atoms with Crippen molar-refractivity contribution >= 4 is 17.6 Å². The molecule has 0 aromatic heterocycles. The largest absolute Gasteiger partial charge is 0.481 e. The quantitative estimate of drug-likeness (QED) is 0.703. The second-order valence-electron chi connectivity index (χ2n) is 3.98. The fourth-order valence-corrected chi connectivity index (χ4v) is 1.66. The number of rotatable bonds is 8. The molecule has 0 fully saturated rings. The molecule has 0 aliphatic rings. The zero-order valence-electron chi connectivity index (χ0n) is 9.79. The minimum absolute atomic E-state index is 0.263. The van der Waals surface area contributed by atoms with Crippen LogP contribution < -0.4 is 5.32 Å². The smallest absolute Gasteiger partial charge is 0.303 e. The number of nitrogens with one attached hydrogen (secondary N) is 1. The Labute approximate surface area is 107 Å². The molecule has 0 saturated carbocycles. The summed E-state index contributed by atoms with van der Waals surface area (Å²) in [5.74, 6) is -0.717. The molecule has 3 nitrogen and oxygen atoms in total. The Hall–Kier alpha value is -1.06. The summed E-state index contributed by atoms with van der Waals surface area (Å²) in [6.07, 6.45) is 2.88. The molecule has 1 aromatic carbocycles. The first-order valence-electron chi connectivity index (χ1n) is 5.85. The Kier molecular flexibility index (Phi) is 6.67. The molecule has 0 saturated heterocycles. The molecule has 4 heteroatoms. The number of carboxylic acid groups (broad SMARTS) is 1. The highest BCUT2D eigenvalue weighted by molar-refractivity contribution is 6.30. The second kappa shape index (κ2) is 8.09. The van der Waals surface area contributed by atoms with E-state index in [-0.39, 0.29) is 6.42 Å². The summed E-state index contributed by atoms with van der Waals surface area (Å²) in [7, 11) is 0. The highest BCUT2D eigenvalue weighted by Crippen LogP contribution is 2.09. The van der Waals surface area contributed by atoms with E-state index >= 15 is 0 Å². The summed E-state index contributed by atoms with van der Waals surface area (Å²) in [6, 6.07) is 7.83. The van der Waals surface area contributed by atoms with Crippen molar-refractivity contribution in [2.24, 2.45) is 0 Å². The van der Waals surface area contributed by atoms with E-state index in [9.17, 15) is 4.79 Å². The van der Waals surface area contributed by atoms with Gasteiger partial charge in [0.25, 0.3) is 0 Å². The molecule has 0 bridgehead atoms. The van der Waals surface area contributed by atoms with E-state index < -0.39 is 5.97 Å². The van der Waals surface area contributed by atoms with Gasteiger partial charge >= 0.3 is 5.97 Å². The molecule has 1 rings (SSSR count). The van der Waals surface area contributed by atoms with Crippen LogP contribution in [0.4, 0.5) is 0 Å². The van der Waals surface area contributed by atoms with Gasteiger partial charge in [0.05, 0.1) is 0 Å². The molecular formula is C13H18ClNO2. The van der Waals surface area contributed by atoms with Crippen LogP contribution >= 0.6 is 11.6 Å². The number of benzene rings is 1. The van der Waals surface area contributed by atoms with Gasteiger partial charge in [-0.2, -0.15) is 0 Å². The Balaban J connectivity index is 2.01. The monoisotopic (exact) mass is 255 g/mol. The fraction of sp³-hybridized carbons (Fsp3) is 0.462. The molecule has 0 atom stereocenters. The van der Waals surface area contributed by atoms with Crippen LogP contribution in [0.25, 0.3) is 0 Å². The third-order valence-corrected chi connectivity index (χ3v) is 2.75. The Morgan fingerprint density at radius 3 is 2.53 bits per heavy atom. The SMILES string of the molecule is O=C(O)CCCCNCCc1ccc(Cl)cc1. The molecule has 2 N–H and O–H groups in total. The van der Waals surface area contributed by atoms with Gasteiger partial charge in [0, 0.05) is 11.4 Å². The molecule has 1 aromatic rings. The van der Waals surface area contributed by atoms with Crippen LogP contribution in [0.15, 0.2) is 24.3 Å². The first-order valence-corrected chi connectivity index (χ1v) is 6.23. The molecule has 0 heterocycles.